The van der Waals surface area contributed by atoms with Crippen LogP contribution >= 0.6 is 0 Å². The zero-order valence-corrected chi connectivity index (χ0v) is 9.51. The first-order chi connectivity index (χ1) is 8.72. The highest BCUT2D eigenvalue weighted by atomic mass is 19.1. The fraction of sp³-hybridized carbons (Fsp3) is 0.0833. The predicted molar refractivity (Wildman–Crippen MR) is 63.0 cm³/mol. The molecule has 6 heteroatoms. The highest BCUT2D eigenvalue weighted by Crippen LogP contribution is 2.23. The van der Waals surface area contributed by atoms with Crippen LogP contribution in [0, 0.1) is 17.1 Å². The molecule has 90 valence electrons. The molecule has 0 spiro atoms. The molecule has 0 saturated carbocycles. The molecule has 1 aromatic carbocycles. The molecule has 1 heterocycles. The molecule has 0 bridgehead atoms. The number of halogens is 1. The van der Waals surface area contributed by atoms with E-state index < -0.39 is 5.82 Å². The number of aromatic nitrogens is 2. The largest absolute Gasteiger partial charge is 0.494 e. The van der Waals surface area contributed by atoms with Gasteiger partial charge in [-0.1, -0.05) is 0 Å². The van der Waals surface area contributed by atoms with Crippen molar-refractivity contribution in [3.63, 3.8) is 0 Å². The Morgan fingerprint density at radius 2 is 2.22 bits per heavy atom. The van der Waals surface area contributed by atoms with Crippen LogP contribution in [-0.2, 0) is 0 Å². The lowest BCUT2D eigenvalue weighted by atomic mass is 10.3. The molecule has 0 aliphatic heterocycles. The van der Waals surface area contributed by atoms with E-state index in [1.54, 1.807) is 0 Å². The number of nitrogens with one attached hydrogen (secondary N) is 1. The Bertz CT molecular complexity index is 609. The topological polar surface area (TPSA) is 70.8 Å². The van der Waals surface area contributed by atoms with Crippen molar-refractivity contribution in [1.29, 1.82) is 5.26 Å². The van der Waals surface area contributed by atoms with Crippen LogP contribution in [-0.4, -0.2) is 17.1 Å². The molecule has 2 rings (SSSR count). The van der Waals surface area contributed by atoms with Crippen LogP contribution in [0.1, 0.15) is 5.69 Å². The van der Waals surface area contributed by atoms with Crippen molar-refractivity contribution in [2.24, 2.45) is 0 Å². The minimum absolute atomic E-state index is 0.122. The Labute approximate surface area is 103 Å². The Morgan fingerprint density at radius 1 is 1.39 bits per heavy atom. The fourth-order valence-electron chi connectivity index (χ4n) is 1.35. The van der Waals surface area contributed by atoms with Gasteiger partial charge in [0.25, 0.3) is 0 Å². The van der Waals surface area contributed by atoms with Crippen LogP contribution in [0.4, 0.5) is 16.0 Å². The van der Waals surface area contributed by atoms with E-state index in [4.69, 9.17) is 10.00 Å². The standard InChI is InChI=1S/C12H9FN4O/c1-18-11-6-8(2-3-10(11)13)16-12-15-5-4-9(7-14)17-12/h2-6H,1H3,(H,15,16,17). The van der Waals surface area contributed by atoms with E-state index in [0.29, 0.717) is 5.69 Å². The number of nitriles is 1. The fourth-order valence-corrected chi connectivity index (χ4v) is 1.35. The SMILES string of the molecule is COc1cc(Nc2nccc(C#N)n2)ccc1F. The third kappa shape index (κ3) is 2.52. The molecule has 0 unspecified atom stereocenters. The van der Waals surface area contributed by atoms with Gasteiger partial charge in [-0.3, -0.25) is 0 Å². The molecule has 0 radical (unpaired) electrons. The maximum atomic E-state index is 13.2. The average Bonchev–Trinajstić information content (AvgIpc) is 2.41. The number of ether oxygens (including phenoxy) is 1. The van der Waals surface area contributed by atoms with Crippen LogP contribution < -0.4 is 10.1 Å². The van der Waals surface area contributed by atoms with E-state index in [2.05, 4.69) is 15.3 Å². The van der Waals surface area contributed by atoms with E-state index in [9.17, 15) is 4.39 Å². The van der Waals surface area contributed by atoms with Gasteiger partial charge in [0.05, 0.1) is 7.11 Å². The highest BCUT2D eigenvalue weighted by molar-refractivity contribution is 5.56. The van der Waals surface area contributed by atoms with Crippen LogP contribution in [0.2, 0.25) is 0 Å². The number of rotatable bonds is 3. The lowest BCUT2D eigenvalue weighted by molar-refractivity contribution is 0.387. The number of methoxy groups -OCH3 is 1. The molecular weight excluding hydrogens is 235 g/mol. The lowest BCUT2D eigenvalue weighted by Gasteiger charge is -2.07. The predicted octanol–water partition coefficient (Wildman–Crippen LogP) is 2.24. The van der Waals surface area contributed by atoms with E-state index in [0.717, 1.165) is 0 Å². The van der Waals surface area contributed by atoms with E-state index in [-0.39, 0.29) is 17.4 Å². The maximum absolute atomic E-state index is 13.2. The number of nitrogens with zero attached hydrogens (tertiary/aromatic N) is 3. The summed E-state index contributed by atoms with van der Waals surface area (Å²) in [4.78, 5) is 7.90. The van der Waals surface area contributed by atoms with Gasteiger partial charge in [0, 0.05) is 18.0 Å². The second-order valence-electron chi connectivity index (χ2n) is 3.35. The molecule has 1 aromatic heterocycles. The summed E-state index contributed by atoms with van der Waals surface area (Å²) in [6.45, 7) is 0. The lowest BCUT2D eigenvalue weighted by Crippen LogP contribution is -1.99. The highest BCUT2D eigenvalue weighted by Gasteiger charge is 2.05. The minimum atomic E-state index is -0.449. The summed E-state index contributed by atoms with van der Waals surface area (Å²) in [5.74, 6) is -0.0612. The molecule has 2 aromatic rings. The molecule has 0 aliphatic carbocycles. The van der Waals surface area contributed by atoms with Crippen LogP contribution in [0.15, 0.2) is 30.5 Å². The van der Waals surface area contributed by atoms with E-state index in [1.807, 2.05) is 6.07 Å². The van der Waals surface area contributed by atoms with Gasteiger partial charge in [0.2, 0.25) is 5.95 Å². The van der Waals surface area contributed by atoms with Crippen LogP contribution in [0.5, 0.6) is 5.75 Å². The van der Waals surface area contributed by atoms with Crippen molar-refractivity contribution in [2.45, 2.75) is 0 Å². The third-order valence-electron chi connectivity index (χ3n) is 2.18. The Hall–Kier alpha value is -2.68. The summed E-state index contributed by atoms with van der Waals surface area (Å²) in [7, 11) is 1.38. The van der Waals surface area contributed by atoms with Crippen molar-refractivity contribution < 1.29 is 9.13 Å². The van der Waals surface area contributed by atoms with E-state index >= 15 is 0 Å². The number of benzene rings is 1. The Kier molecular flexibility index (Phi) is 3.34. The van der Waals surface area contributed by atoms with Crippen molar-refractivity contribution in [2.75, 3.05) is 12.4 Å². The quantitative estimate of drug-likeness (QED) is 0.896. The van der Waals surface area contributed by atoms with E-state index in [1.165, 1.54) is 37.6 Å². The molecule has 0 aliphatic rings. The van der Waals surface area contributed by atoms with Gasteiger partial charge in [0.15, 0.2) is 11.6 Å². The zero-order valence-electron chi connectivity index (χ0n) is 9.51. The van der Waals surface area contributed by atoms with Crippen molar-refractivity contribution in [3.8, 4) is 11.8 Å². The Morgan fingerprint density at radius 3 is 2.94 bits per heavy atom. The van der Waals surface area contributed by atoms with Crippen LogP contribution in [0.25, 0.3) is 0 Å². The average molecular weight is 244 g/mol. The summed E-state index contributed by atoms with van der Waals surface area (Å²) < 4.78 is 18.1. The van der Waals surface area contributed by atoms with Gasteiger partial charge in [-0.15, -0.1) is 0 Å². The molecule has 0 saturated heterocycles. The number of hydrogen-bond donors (Lipinski definition) is 1. The summed E-state index contributed by atoms with van der Waals surface area (Å²) in [6.07, 6.45) is 1.47. The molecule has 0 amide bonds. The molecule has 1 N–H and O–H groups in total. The molecule has 18 heavy (non-hydrogen) atoms. The van der Waals surface area contributed by atoms with Gasteiger partial charge >= 0.3 is 0 Å². The van der Waals surface area contributed by atoms with Crippen molar-refractivity contribution >= 4 is 11.6 Å². The summed E-state index contributed by atoms with van der Waals surface area (Å²) in [6, 6.07) is 7.69. The monoisotopic (exact) mass is 244 g/mol. The second kappa shape index (κ2) is 5.10. The minimum Gasteiger partial charge on any atom is -0.494 e. The summed E-state index contributed by atoms with van der Waals surface area (Å²) >= 11 is 0. The summed E-state index contributed by atoms with van der Waals surface area (Å²) in [5.41, 5.74) is 0.824. The molecule has 0 atom stereocenters. The van der Waals surface area contributed by atoms with Gasteiger partial charge in [-0.25, -0.2) is 14.4 Å². The van der Waals surface area contributed by atoms with Gasteiger partial charge in [-0.2, -0.15) is 5.26 Å². The first kappa shape index (κ1) is 11.8. The molecule has 5 nitrogen and oxygen atoms in total. The van der Waals surface area contributed by atoms with Crippen molar-refractivity contribution in [1.82, 2.24) is 9.97 Å². The first-order valence-electron chi connectivity index (χ1n) is 5.06. The van der Waals surface area contributed by atoms with Crippen molar-refractivity contribution in [3.05, 3.63) is 42.0 Å². The van der Waals surface area contributed by atoms with Gasteiger partial charge in [-0.05, 0) is 18.2 Å². The second-order valence-corrected chi connectivity index (χ2v) is 3.35. The molecule has 0 fully saturated rings. The third-order valence-corrected chi connectivity index (χ3v) is 2.18. The Balaban J connectivity index is 2.26. The first-order valence-corrected chi connectivity index (χ1v) is 5.06. The molecular formula is C12H9FN4O. The number of hydrogen-bond acceptors (Lipinski definition) is 5. The summed E-state index contributed by atoms with van der Waals surface area (Å²) in [5, 5.41) is 11.6. The maximum Gasteiger partial charge on any atom is 0.228 e. The number of anilines is 2. The van der Waals surface area contributed by atoms with Gasteiger partial charge in [0.1, 0.15) is 11.8 Å². The zero-order chi connectivity index (χ0) is 13.0. The van der Waals surface area contributed by atoms with Crippen LogP contribution in [0.3, 0.4) is 0 Å². The van der Waals surface area contributed by atoms with Gasteiger partial charge < -0.3 is 10.1 Å². The smallest absolute Gasteiger partial charge is 0.228 e. The normalized spacial score (nSPS) is 9.61.